The van der Waals surface area contributed by atoms with Gasteiger partial charge in [0.05, 0.1) is 34.4 Å². The first kappa shape index (κ1) is 20.5. The lowest BCUT2D eigenvalue weighted by atomic mass is 10.1. The second-order valence-electron chi connectivity index (χ2n) is 6.58. The largest absolute Gasteiger partial charge is 0.468 e. The highest BCUT2D eigenvalue weighted by atomic mass is 32.2. The van der Waals surface area contributed by atoms with Crippen LogP contribution in [0.5, 0.6) is 0 Å². The Labute approximate surface area is 177 Å². The Hall–Kier alpha value is -3.76. The van der Waals surface area contributed by atoms with Gasteiger partial charge in [-0.3, -0.25) is 9.59 Å². The first-order chi connectivity index (χ1) is 14.9. The van der Waals surface area contributed by atoms with Gasteiger partial charge in [0, 0.05) is 0 Å². The van der Waals surface area contributed by atoms with E-state index in [1.165, 1.54) is 36.6 Å². The van der Waals surface area contributed by atoms with Gasteiger partial charge in [0.25, 0.3) is 11.8 Å². The number of hydrogen-bond donors (Lipinski definition) is 1. The van der Waals surface area contributed by atoms with Crippen LogP contribution in [0.1, 0.15) is 36.8 Å². The SMILES string of the molecule is O=C(OCN1C(=O)c2ccccc2C1=O)c1cccc(S(=O)(=O)NCc2ccco2)c1. The second kappa shape index (κ2) is 8.17. The molecule has 2 aromatic carbocycles. The summed E-state index contributed by atoms with van der Waals surface area (Å²) in [5.74, 6) is -1.57. The zero-order chi connectivity index (χ0) is 22.0. The molecule has 3 aromatic rings. The molecule has 2 amide bonds. The summed E-state index contributed by atoms with van der Waals surface area (Å²) in [4.78, 5) is 37.7. The maximum atomic E-state index is 12.5. The summed E-state index contributed by atoms with van der Waals surface area (Å²) in [6.45, 7) is -0.636. The minimum absolute atomic E-state index is 0.0440. The highest BCUT2D eigenvalue weighted by molar-refractivity contribution is 7.89. The van der Waals surface area contributed by atoms with E-state index in [9.17, 15) is 22.8 Å². The molecule has 1 aromatic heterocycles. The average Bonchev–Trinajstić information content (AvgIpc) is 3.38. The van der Waals surface area contributed by atoms with Gasteiger partial charge >= 0.3 is 5.97 Å². The number of carbonyl (C=O) groups is 3. The number of imide groups is 1. The van der Waals surface area contributed by atoms with E-state index in [1.54, 1.807) is 24.3 Å². The zero-order valence-corrected chi connectivity index (χ0v) is 16.8. The Morgan fingerprint density at radius 3 is 2.32 bits per heavy atom. The number of fused-ring (bicyclic) bond motifs is 1. The Bertz CT molecular complexity index is 1230. The normalized spacial score (nSPS) is 13.4. The number of rotatable bonds is 7. The van der Waals surface area contributed by atoms with Crippen molar-refractivity contribution >= 4 is 27.8 Å². The lowest BCUT2D eigenvalue weighted by Gasteiger charge is -2.14. The van der Waals surface area contributed by atoms with Gasteiger partial charge in [0.2, 0.25) is 10.0 Å². The predicted octanol–water partition coefficient (Wildman–Crippen LogP) is 2.17. The molecule has 0 radical (unpaired) electrons. The van der Waals surface area contributed by atoms with E-state index in [1.807, 2.05) is 0 Å². The summed E-state index contributed by atoms with van der Waals surface area (Å²) in [5, 5.41) is 0. The molecule has 10 heteroatoms. The molecule has 0 saturated carbocycles. The van der Waals surface area contributed by atoms with Gasteiger partial charge in [0.1, 0.15) is 5.76 Å². The van der Waals surface area contributed by atoms with Crippen molar-refractivity contribution in [3.8, 4) is 0 Å². The number of esters is 1. The molecule has 0 aliphatic carbocycles. The van der Waals surface area contributed by atoms with Crippen molar-refractivity contribution in [2.24, 2.45) is 0 Å². The van der Waals surface area contributed by atoms with Crippen molar-refractivity contribution in [1.82, 2.24) is 9.62 Å². The topological polar surface area (TPSA) is 123 Å². The maximum absolute atomic E-state index is 12.5. The quantitative estimate of drug-likeness (QED) is 0.441. The molecule has 0 atom stereocenters. The van der Waals surface area contributed by atoms with Crippen molar-refractivity contribution in [3.05, 3.63) is 89.4 Å². The minimum Gasteiger partial charge on any atom is -0.468 e. The Morgan fingerprint density at radius 1 is 0.968 bits per heavy atom. The van der Waals surface area contributed by atoms with Crippen molar-refractivity contribution in [1.29, 1.82) is 0 Å². The number of nitrogens with one attached hydrogen (secondary N) is 1. The van der Waals surface area contributed by atoms with Crippen LogP contribution in [-0.2, 0) is 21.3 Å². The molecule has 2 heterocycles. The van der Waals surface area contributed by atoms with Crippen LogP contribution < -0.4 is 4.72 Å². The first-order valence-corrected chi connectivity index (χ1v) is 10.6. The molecular formula is C21H16N2O7S. The molecule has 4 rings (SSSR count). The summed E-state index contributed by atoms with van der Waals surface area (Å²) < 4.78 is 37.5. The zero-order valence-electron chi connectivity index (χ0n) is 16.0. The molecule has 1 aliphatic heterocycles. The van der Waals surface area contributed by atoms with Gasteiger partial charge in [0.15, 0.2) is 6.73 Å². The Morgan fingerprint density at radius 2 is 1.68 bits per heavy atom. The van der Waals surface area contributed by atoms with E-state index in [4.69, 9.17) is 9.15 Å². The predicted molar refractivity (Wildman–Crippen MR) is 106 cm³/mol. The lowest BCUT2D eigenvalue weighted by molar-refractivity contribution is 0.0228. The number of carbonyl (C=O) groups excluding carboxylic acids is 3. The van der Waals surface area contributed by atoms with Gasteiger partial charge in [-0.2, -0.15) is 0 Å². The van der Waals surface area contributed by atoms with Crippen LogP contribution in [0, 0.1) is 0 Å². The van der Waals surface area contributed by atoms with Gasteiger partial charge < -0.3 is 9.15 Å². The average molecular weight is 440 g/mol. The van der Waals surface area contributed by atoms with Crippen LogP contribution in [0.15, 0.2) is 76.2 Å². The summed E-state index contributed by atoms with van der Waals surface area (Å²) >= 11 is 0. The molecule has 0 unspecified atom stereocenters. The molecule has 0 spiro atoms. The van der Waals surface area contributed by atoms with Gasteiger partial charge in [-0.25, -0.2) is 22.8 Å². The van der Waals surface area contributed by atoms with Crippen LogP contribution in [0.3, 0.4) is 0 Å². The fourth-order valence-corrected chi connectivity index (χ4v) is 4.05. The standard InChI is InChI=1S/C21H16N2O7S/c24-19-17-8-1-2-9-18(17)20(25)23(19)13-30-21(26)14-5-3-7-16(11-14)31(27,28)22-12-15-6-4-10-29-15/h1-11,22H,12-13H2. The highest BCUT2D eigenvalue weighted by Gasteiger charge is 2.35. The van der Waals surface area contributed by atoms with E-state index >= 15 is 0 Å². The molecule has 158 valence electrons. The van der Waals surface area contributed by atoms with Crippen LogP contribution in [0.25, 0.3) is 0 Å². The molecule has 1 aliphatic rings. The fourth-order valence-electron chi connectivity index (χ4n) is 3.02. The number of nitrogens with zero attached hydrogens (tertiary/aromatic N) is 1. The number of benzene rings is 2. The summed E-state index contributed by atoms with van der Waals surface area (Å²) in [6.07, 6.45) is 1.43. The summed E-state index contributed by atoms with van der Waals surface area (Å²) in [5.41, 5.74) is 0.427. The van der Waals surface area contributed by atoms with Crippen LogP contribution in [0.4, 0.5) is 0 Å². The van der Waals surface area contributed by atoms with E-state index < -0.39 is 34.5 Å². The third-order valence-electron chi connectivity index (χ3n) is 4.60. The van der Waals surface area contributed by atoms with Crippen molar-refractivity contribution < 1.29 is 32.0 Å². The molecule has 0 bridgehead atoms. The van der Waals surface area contributed by atoms with Crippen molar-refractivity contribution in [3.63, 3.8) is 0 Å². The molecule has 1 N–H and O–H groups in total. The molecular weight excluding hydrogens is 424 g/mol. The third-order valence-corrected chi connectivity index (χ3v) is 6.00. The monoisotopic (exact) mass is 440 g/mol. The molecule has 9 nitrogen and oxygen atoms in total. The summed E-state index contributed by atoms with van der Waals surface area (Å²) in [6, 6.07) is 14.8. The molecule has 0 fully saturated rings. The third kappa shape index (κ3) is 4.11. The Kier molecular flexibility index (Phi) is 5.40. The van der Waals surface area contributed by atoms with Gasteiger partial charge in [-0.15, -0.1) is 0 Å². The number of ether oxygens (including phenoxy) is 1. The smallest absolute Gasteiger partial charge is 0.339 e. The number of sulfonamides is 1. The Balaban J connectivity index is 1.43. The number of amides is 2. The summed E-state index contributed by atoms with van der Waals surface area (Å²) in [7, 11) is -3.91. The van der Waals surface area contributed by atoms with E-state index in [0.29, 0.717) is 5.76 Å². The number of furan rings is 1. The minimum atomic E-state index is -3.91. The molecule has 31 heavy (non-hydrogen) atoms. The van der Waals surface area contributed by atoms with Crippen molar-refractivity contribution in [2.75, 3.05) is 6.73 Å². The highest BCUT2D eigenvalue weighted by Crippen LogP contribution is 2.22. The van der Waals surface area contributed by atoms with Crippen LogP contribution >= 0.6 is 0 Å². The van der Waals surface area contributed by atoms with Gasteiger partial charge in [-0.1, -0.05) is 18.2 Å². The maximum Gasteiger partial charge on any atom is 0.339 e. The van der Waals surface area contributed by atoms with Crippen LogP contribution in [0.2, 0.25) is 0 Å². The van der Waals surface area contributed by atoms with E-state index in [0.717, 1.165) is 11.0 Å². The van der Waals surface area contributed by atoms with E-state index in [-0.39, 0.29) is 28.1 Å². The van der Waals surface area contributed by atoms with Gasteiger partial charge in [-0.05, 0) is 42.5 Å². The van der Waals surface area contributed by atoms with Crippen LogP contribution in [-0.4, -0.2) is 37.8 Å². The van der Waals surface area contributed by atoms with E-state index in [2.05, 4.69) is 4.72 Å². The molecule has 0 saturated heterocycles. The lowest BCUT2D eigenvalue weighted by Crippen LogP contribution is -2.33. The van der Waals surface area contributed by atoms with Crippen molar-refractivity contribution in [2.45, 2.75) is 11.4 Å². The second-order valence-corrected chi connectivity index (χ2v) is 8.34. The fraction of sp³-hybridized carbons (Fsp3) is 0.0952. The number of hydrogen-bond acceptors (Lipinski definition) is 7. The first-order valence-electron chi connectivity index (χ1n) is 9.11.